The van der Waals surface area contributed by atoms with E-state index >= 15 is 0 Å². The molecule has 0 saturated heterocycles. The van der Waals surface area contributed by atoms with Crippen LogP contribution < -0.4 is 5.73 Å². The van der Waals surface area contributed by atoms with Gasteiger partial charge < -0.3 is 15.9 Å². The molecular formula is C21H20N6O2S. The van der Waals surface area contributed by atoms with Gasteiger partial charge in [0, 0.05) is 45.5 Å². The number of para-hydroxylation sites is 1. The van der Waals surface area contributed by atoms with Gasteiger partial charge in [0.15, 0.2) is 0 Å². The number of pyridine rings is 1. The summed E-state index contributed by atoms with van der Waals surface area (Å²) in [7, 11) is 0. The molecule has 8 nitrogen and oxygen atoms in total. The quantitative estimate of drug-likeness (QED) is 0.392. The Balaban J connectivity index is 1.73. The van der Waals surface area contributed by atoms with E-state index in [0.717, 1.165) is 26.4 Å². The van der Waals surface area contributed by atoms with E-state index in [0.29, 0.717) is 24.2 Å². The highest BCUT2D eigenvalue weighted by molar-refractivity contribution is 7.99. The fourth-order valence-electron chi connectivity index (χ4n) is 3.10. The molecule has 30 heavy (non-hydrogen) atoms. The summed E-state index contributed by atoms with van der Waals surface area (Å²) < 4.78 is 3.42. The van der Waals surface area contributed by atoms with E-state index in [1.54, 1.807) is 21.6 Å². The zero-order valence-electron chi connectivity index (χ0n) is 16.0. The summed E-state index contributed by atoms with van der Waals surface area (Å²) in [5.41, 5.74) is 9.78. The molecule has 0 radical (unpaired) electrons. The number of fused-ring (bicyclic) bond motifs is 1. The molecule has 152 valence electrons. The molecule has 0 spiro atoms. The van der Waals surface area contributed by atoms with Gasteiger partial charge in [-0.25, -0.2) is 4.52 Å². The van der Waals surface area contributed by atoms with Crippen molar-refractivity contribution in [2.24, 2.45) is 0 Å². The fourth-order valence-corrected chi connectivity index (χ4v) is 4.16. The number of rotatable bonds is 7. The van der Waals surface area contributed by atoms with Crippen LogP contribution in [-0.2, 0) is 6.54 Å². The number of aryl methyl sites for hydroxylation is 1. The summed E-state index contributed by atoms with van der Waals surface area (Å²) in [4.78, 5) is 1.76. The number of anilines is 1. The van der Waals surface area contributed by atoms with Gasteiger partial charge in [0.25, 0.3) is 0 Å². The average Bonchev–Trinajstić information content (AvgIpc) is 3.40. The van der Waals surface area contributed by atoms with Crippen LogP contribution in [0.5, 0.6) is 0 Å². The number of aliphatic hydroxyl groups is 2. The Morgan fingerprint density at radius 3 is 2.73 bits per heavy atom. The topological polar surface area (TPSA) is 125 Å². The van der Waals surface area contributed by atoms with Gasteiger partial charge in [-0.3, -0.25) is 4.68 Å². The molecule has 0 aliphatic rings. The van der Waals surface area contributed by atoms with E-state index in [1.807, 2.05) is 42.7 Å². The van der Waals surface area contributed by atoms with Crippen LogP contribution in [0, 0.1) is 11.3 Å². The summed E-state index contributed by atoms with van der Waals surface area (Å²) in [6, 6.07) is 11.8. The predicted octanol–water partition coefficient (Wildman–Crippen LogP) is 2.55. The number of nitrogens with two attached hydrogens (primary N) is 1. The number of nitriles is 1. The van der Waals surface area contributed by atoms with E-state index < -0.39 is 6.10 Å². The summed E-state index contributed by atoms with van der Waals surface area (Å²) in [6.45, 7) is 0.223. The number of nitrogens with zero attached hydrogens (tertiary/aromatic N) is 5. The Hall–Kier alpha value is -3.32. The SMILES string of the molecule is N#Cc1cnn2cc(-c3cnn(CC[C@@H](O)CO)c3)cc(Sc3ccccc3N)c12. The largest absolute Gasteiger partial charge is 0.398 e. The number of aromatic nitrogens is 4. The van der Waals surface area contributed by atoms with E-state index in [-0.39, 0.29) is 6.61 Å². The smallest absolute Gasteiger partial charge is 0.103 e. The maximum absolute atomic E-state index is 9.54. The second-order valence-corrected chi connectivity index (χ2v) is 7.90. The lowest BCUT2D eigenvalue weighted by molar-refractivity contribution is 0.0838. The van der Waals surface area contributed by atoms with Crippen LogP contribution in [0.1, 0.15) is 12.0 Å². The maximum atomic E-state index is 9.54. The minimum Gasteiger partial charge on any atom is -0.398 e. The molecule has 4 aromatic rings. The third kappa shape index (κ3) is 4.02. The Labute approximate surface area is 177 Å². The molecule has 0 aliphatic heterocycles. The number of benzene rings is 1. The van der Waals surface area contributed by atoms with Crippen LogP contribution in [0.15, 0.2) is 64.9 Å². The third-order valence-corrected chi connectivity index (χ3v) is 5.83. The van der Waals surface area contributed by atoms with Crippen molar-refractivity contribution in [3.05, 3.63) is 60.7 Å². The van der Waals surface area contributed by atoms with E-state index in [1.165, 1.54) is 11.8 Å². The van der Waals surface area contributed by atoms with Gasteiger partial charge in [-0.15, -0.1) is 0 Å². The molecule has 4 N–H and O–H groups in total. The minimum absolute atomic E-state index is 0.269. The maximum Gasteiger partial charge on any atom is 0.103 e. The molecule has 1 aromatic carbocycles. The number of nitrogen functional groups attached to an aromatic ring is 1. The molecule has 4 rings (SSSR count). The van der Waals surface area contributed by atoms with Gasteiger partial charge in [0.1, 0.15) is 6.07 Å². The molecule has 0 amide bonds. The van der Waals surface area contributed by atoms with Gasteiger partial charge in [-0.1, -0.05) is 23.9 Å². The Kier molecular flexibility index (Phi) is 5.72. The molecule has 3 heterocycles. The van der Waals surface area contributed by atoms with Crippen LogP contribution in [0.3, 0.4) is 0 Å². The molecule has 0 bridgehead atoms. The molecule has 0 aliphatic carbocycles. The summed E-state index contributed by atoms with van der Waals surface area (Å²) in [5, 5.41) is 36.7. The lowest BCUT2D eigenvalue weighted by Gasteiger charge is -2.09. The lowest BCUT2D eigenvalue weighted by atomic mass is 10.1. The third-order valence-electron chi connectivity index (χ3n) is 4.70. The molecule has 0 unspecified atom stereocenters. The van der Waals surface area contributed by atoms with Gasteiger partial charge in [-0.05, 0) is 24.6 Å². The van der Waals surface area contributed by atoms with Gasteiger partial charge in [0.05, 0.1) is 36.2 Å². The highest BCUT2D eigenvalue weighted by Gasteiger charge is 2.15. The highest BCUT2D eigenvalue weighted by atomic mass is 32.2. The monoisotopic (exact) mass is 420 g/mol. The van der Waals surface area contributed by atoms with Crippen molar-refractivity contribution in [1.29, 1.82) is 5.26 Å². The molecule has 9 heteroatoms. The van der Waals surface area contributed by atoms with Gasteiger partial charge in [0.2, 0.25) is 0 Å². The molecule has 0 fully saturated rings. The van der Waals surface area contributed by atoms with Crippen molar-refractivity contribution in [3.8, 4) is 17.2 Å². The number of hydrogen-bond donors (Lipinski definition) is 3. The summed E-state index contributed by atoms with van der Waals surface area (Å²) in [5.74, 6) is 0. The molecule has 1 atom stereocenters. The van der Waals surface area contributed by atoms with E-state index in [2.05, 4.69) is 16.3 Å². The van der Waals surface area contributed by atoms with Crippen LogP contribution in [-0.4, -0.2) is 42.3 Å². The fraction of sp³-hybridized carbons (Fsp3) is 0.190. The first kappa shape index (κ1) is 20.0. The molecule has 3 aromatic heterocycles. The lowest BCUT2D eigenvalue weighted by Crippen LogP contribution is -2.15. The standard InChI is InChI=1S/C21H20N6O2S/c22-8-15-9-25-27-12-14(16-10-24-26(11-16)6-5-17(29)13-28)7-20(21(15)27)30-19-4-2-1-3-18(19)23/h1-4,7,9-12,17,28-29H,5-6,13,23H2/t17-/m1/s1. The first-order valence-corrected chi connectivity index (χ1v) is 10.2. The van der Waals surface area contributed by atoms with Crippen LogP contribution >= 0.6 is 11.8 Å². The minimum atomic E-state index is -0.762. The molecule has 0 saturated carbocycles. The van der Waals surface area contributed by atoms with Gasteiger partial charge in [-0.2, -0.15) is 15.5 Å². The van der Waals surface area contributed by atoms with Crippen molar-refractivity contribution >= 4 is 23.0 Å². The summed E-state index contributed by atoms with van der Waals surface area (Å²) >= 11 is 1.49. The zero-order valence-corrected chi connectivity index (χ0v) is 16.8. The highest BCUT2D eigenvalue weighted by Crippen LogP contribution is 2.37. The van der Waals surface area contributed by atoms with E-state index in [4.69, 9.17) is 10.8 Å². The second-order valence-electron chi connectivity index (χ2n) is 6.81. The van der Waals surface area contributed by atoms with E-state index in [9.17, 15) is 10.4 Å². The van der Waals surface area contributed by atoms with Crippen molar-refractivity contribution < 1.29 is 10.2 Å². The molecular weight excluding hydrogens is 400 g/mol. The van der Waals surface area contributed by atoms with Crippen LogP contribution in [0.25, 0.3) is 16.6 Å². The number of aliphatic hydroxyl groups excluding tert-OH is 2. The summed E-state index contributed by atoms with van der Waals surface area (Å²) in [6.07, 6.45) is 6.69. The van der Waals surface area contributed by atoms with Crippen LogP contribution in [0.4, 0.5) is 5.69 Å². The number of hydrogen-bond acceptors (Lipinski definition) is 7. The normalized spacial score (nSPS) is 12.2. The van der Waals surface area contributed by atoms with Crippen molar-refractivity contribution in [3.63, 3.8) is 0 Å². The van der Waals surface area contributed by atoms with Crippen molar-refractivity contribution in [1.82, 2.24) is 19.4 Å². The first-order valence-electron chi connectivity index (χ1n) is 9.34. The predicted molar refractivity (Wildman–Crippen MR) is 114 cm³/mol. The first-order chi connectivity index (χ1) is 14.6. The Morgan fingerprint density at radius 1 is 1.13 bits per heavy atom. The zero-order chi connectivity index (χ0) is 21.1. The van der Waals surface area contributed by atoms with Crippen molar-refractivity contribution in [2.75, 3.05) is 12.3 Å². The van der Waals surface area contributed by atoms with Crippen molar-refractivity contribution in [2.45, 2.75) is 28.9 Å². The Morgan fingerprint density at radius 2 is 1.97 bits per heavy atom. The van der Waals surface area contributed by atoms with Gasteiger partial charge >= 0.3 is 0 Å². The second kappa shape index (κ2) is 8.59. The Bertz CT molecular complexity index is 1230. The van der Waals surface area contributed by atoms with Crippen LogP contribution in [0.2, 0.25) is 0 Å². The average molecular weight is 420 g/mol.